The van der Waals surface area contributed by atoms with E-state index >= 15 is 0 Å². The number of nitrogens with zero attached hydrogens (tertiary/aromatic N) is 2. The highest BCUT2D eigenvalue weighted by Gasteiger charge is 2.30. The van der Waals surface area contributed by atoms with E-state index in [4.69, 9.17) is 8.83 Å². The van der Waals surface area contributed by atoms with Gasteiger partial charge in [0.2, 0.25) is 5.91 Å². The molecule has 136 valence electrons. The number of aromatic nitrogens is 2. The lowest BCUT2D eigenvalue weighted by Gasteiger charge is -2.35. The van der Waals surface area contributed by atoms with Crippen molar-refractivity contribution >= 4 is 17.7 Å². The molecular formula is C18H25N3O3S. The van der Waals surface area contributed by atoms with Gasteiger partial charge in [-0.3, -0.25) is 4.79 Å². The van der Waals surface area contributed by atoms with Crippen LogP contribution in [0.25, 0.3) is 11.5 Å². The fraction of sp³-hybridized carbons (Fsp3) is 0.611. The van der Waals surface area contributed by atoms with Gasteiger partial charge in [0.05, 0.1) is 17.1 Å². The van der Waals surface area contributed by atoms with Crippen molar-refractivity contribution in [2.45, 2.75) is 63.5 Å². The summed E-state index contributed by atoms with van der Waals surface area (Å²) in [6, 6.07) is 2.05. The first kappa shape index (κ1) is 18.0. The smallest absolute Gasteiger partial charge is 0.277 e. The van der Waals surface area contributed by atoms with Gasteiger partial charge in [-0.2, -0.15) is 0 Å². The fourth-order valence-electron chi connectivity index (χ4n) is 3.26. The second kappa shape index (κ2) is 7.64. The minimum atomic E-state index is -0.289. The fourth-order valence-corrected chi connectivity index (χ4v) is 3.96. The highest BCUT2D eigenvalue weighted by Crippen LogP contribution is 2.31. The van der Waals surface area contributed by atoms with Crippen molar-refractivity contribution in [3.63, 3.8) is 0 Å². The largest absolute Gasteiger partial charge is 0.469 e. The number of furan rings is 1. The Hall–Kier alpha value is -1.76. The molecule has 6 nitrogen and oxygen atoms in total. The number of thioether (sulfide) groups is 1. The third kappa shape index (κ3) is 4.08. The second-order valence-corrected chi connectivity index (χ2v) is 8.20. The molecule has 0 unspecified atom stereocenters. The van der Waals surface area contributed by atoms with Crippen LogP contribution in [0.2, 0.25) is 0 Å². The molecule has 7 heteroatoms. The highest BCUT2D eigenvalue weighted by atomic mass is 32.2. The van der Waals surface area contributed by atoms with Gasteiger partial charge in [0.25, 0.3) is 11.1 Å². The molecule has 3 rings (SSSR count). The van der Waals surface area contributed by atoms with Gasteiger partial charge in [-0.15, -0.1) is 10.2 Å². The lowest BCUT2D eigenvalue weighted by molar-refractivity contribution is -0.121. The Bertz CT molecular complexity index is 727. The number of hydrogen-bond acceptors (Lipinski definition) is 6. The predicted molar refractivity (Wildman–Crippen MR) is 96.2 cm³/mol. The van der Waals surface area contributed by atoms with E-state index in [0.717, 1.165) is 17.7 Å². The molecule has 1 fully saturated rings. The topological polar surface area (TPSA) is 81.2 Å². The number of hydrogen-bond donors (Lipinski definition) is 1. The summed E-state index contributed by atoms with van der Waals surface area (Å²) in [4.78, 5) is 12.5. The number of rotatable bonds is 5. The Morgan fingerprint density at radius 1 is 1.36 bits per heavy atom. The molecule has 2 aromatic heterocycles. The van der Waals surface area contributed by atoms with Crippen LogP contribution in [0.5, 0.6) is 0 Å². The summed E-state index contributed by atoms with van der Waals surface area (Å²) in [5, 5.41) is 11.4. The lowest BCUT2D eigenvalue weighted by Crippen LogP contribution is -2.46. The quantitative estimate of drug-likeness (QED) is 0.807. The Morgan fingerprint density at radius 3 is 2.88 bits per heavy atom. The van der Waals surface area contributed by atoms with Crippen molar-refractivity contribution in [1.82, 2.24) is 15.5 Å². The van der Waals surface area contributed by atoms with E-state index in [9.17, 15) is 4.79 Å². The van der Waals surface area contributed by atoms with Crippen LogP contribution in [-0.2, 0) is 4.79 Å². The van der Waals surface area contributed by atoms with Crippen LogP contribution < -0.4 is 5.32 Å². The van der Waals surface area contributed by atoms with Gasteiger partial charge in [0, 0.05) is 6.04 Å². The van der Waals surface area contributed by atoms with E-state index in [2.05, 4.69) is 29.4 Å². The van der Waals surface area contributed by atoms with Crippen LogP contribution in [0, 0.1) is 18.8 Å². The van der Waals surface area contributed by atoms with Gasteiger partial charge in [0.1, 0.15) is 5.76 Å². The van der Waals surface area contributed by atoms with Crippen molar-refractivity contribution in [2.75, 3.05) is 0 Å². The third-order valence-corrected chi connectivity index (χ3v) is 6.11. The zero-order chi connectivity index (χ0) is 18.0. The van der Waals surface area contributed by atoms with E-state index < -0.39 is 0 Å². The lowest BCUT2D eigenvalue weighted by atomic mass is 9.78. The summed E-state index contributed by atoms with van der Waals surface area (Å²) in [6.45, 7) is 8.20. The summed E-state index contributed by atoms with van der Waals surface area (Å²) in [7, 11) is 0. The molecule has 1 aliphatic carbocycles. The van der Waals surface area contributed by atoms with Crippen molar-refractivity contribution in [3.05, 3.63) is 18.1 Å². The number of aryl methyl sites for hydroxylation is 1. The zero-order valence-corrected chi connectivity index (χ0v) is 15.9. The molecule has 1 aliphatic rings. The number of carbonyl (C=O) groups is 1. The average Bonchev–Trinajstić information content (AvgIpc) is 3.20. The maximum Gasteiger partial charge on any atom is 0.277 e. The second-order valence-electron chi connectivity index (χ2n) is 6.91. The van der Waals surface area contributed by atoms with E-state index in [1.54, 1.807) is 12.3 Å². The van der Waals surface area contributed by atoms with Crippen LogP contribution in [-0.4, -0.2) is 27.4 Å². The van der Waals surface area contributed by atoms with Crippen molar-refractivity contribution in [1.29, 1.82) is 0 Å². The third-order valence-electron chi connectivity index (χ3n) is 5.18. The van der Waals surface area contributed by atoms with Gasteiger partial charge in [-0.1, -0.05) is 38.5 Å². The van der Waals surface area contributed by atoms with Gasteiger partial charge in [0.15, 0.2) is 0 Å². The van der Waals surface area contributed by atoms with E-state index in [-0.39, 0.29) is 17.2 Å². The van der Waals surface area contributed by atoms with Crippen LogP contribution >= 0.6 is 11.8 Å². The first-order chi connectivity index (χ1) is 12.0. The zero-order valence-electron chi connectivity index (χ0n) is 15.1. The predicted octanol–water partition coefficient (Wildman–Crippen LogP) is 4.06. The summed E-state index contributed by atoms with van der Waals surface area (Å²) in [6.07, 6.45) is 5.06. The maximum absolute atomic E-state index is 12.5. The molecule has 2 aromatic rings. The van der Waals surface area contributed by atoms with Crippen molar-refractivity contribution in [3.8, 4) is 11.5 Å². The Kier molecular flexibility index (Phi) is 5.51. The highest BCUT2D eigenvalue weighted by molar-refractivity contribution is 8.00. The molecule has 25 heavy (non-hydrogen) atoms. The Labute approximate surface area is 152 Å². The molecule has 0 saturated heterocycles. The molecule has 1 N–H and O–H groups in total. The summed E-state index contributed by atoms with van der Waals surface area (Å²) in [5.74, 6) is 2.32. The summed E-state index contributed by atoms with van der Waals surface area (Å²) < 4.78 is 10.9. The molecule has 4 atom stereocenters. The molecule has 0 bridgehead atoms. The van der Waals surface area contributed by atoms with Crippen molar-refractivity contribution < 1.29 is 13.6 Å². The summed E-state index contributed by atoms with van der Waals surface area (Å²) in [5.41, 5.74) is 0.779. The monoisotopic (exact) mass is 363 g/mol. The van der Waals surface area contributed by atoms with Gasteiger partial charge >= 0.3 is 0 Å². The average molecular weight is 363 g/mol. The summed E-state index contributed by atoms with van der Waals surface area (Å²) >= 11 is 1.28. The van der Waals surface area contributed by atoms with E-state index in [1.165, 1.54) is 24.6 Å². The molecular weight excluding hydrogens is 338 g/mol. The normalized spacial score (nSPS) is 24.9. The molecule has 0 spiro atoms. The first-order valence-electron chi connectivity index (χ1n) is 8.80. The van der Waals surface area contributed by atoms with Gasteiger partial charge in [-0.05, 0) is 38.2 Å². The standard InChI is InChI=1S/C18H25N3O3S/c1-10-6-5-7-15(11(10)2)19-16(22)13(4)25-18-21-20-17(24-18)14-8-9-23-12(14)3/h8-11,13,15H,5-7H2,1-4H3,(H,19,22)/t10-,11+,13+,15-/m0/s1. The van der Waals surface area contributed by atoms with Gasteiger partial charge in [-0.25, -0.2) is 0 Å². The SMILES string of the molecule is Cc1occc1-c1nnc(S[C@H](C)C(=O)N[C@H]2CCC[C@H](C)[C@H]2C)o1. The van der Waals surface area contributed by atoms with Crippen LogP contribution in [0.3, 0.4) is 0 Å². The first-order valence-corrected chi connectivity index (χ1v) is 9.68. The minimum absolute atomic E-state index is 0.0233. The number of carbonyl (C=O) groups excluding carboxylic acids is 1. The van der Waals surface area contributed by atoms with Crippen LogP contribution in [0.15, 0.2) is 26.4 Å². The number of amides is 1. The van der Waals surface area contributed by atoms with E-state index in [0.29, 0.717) is 22.9 Å². The number of nitrogens with one attached hydrogen (secondary N) is 1. The minimum Gasteiger partial charge on any atom is -0.469 e. The molecule has 0 aromatic carbocycles. The van der Waals surface area contributed by atoms with Gasteiger partial charge < -0.3 is 14.2 Å². The maximum atomic E-state index is 12.5. The Morgan fingerprint density at radius 2 is 2.16 bits per heavy atom. The van der Waals surface area contributed by atoms with Crippen LogP contribution in [0.4, 0.5) is 0 Å². The Balaban J connectivity index is 1.58. The molecule has 0 aliphatic heterocycles. The molecule has 1 saturated carbocycles. The molecule has 0 radical (unpaired) electrons. The van der Waals surface area contributed by atoms with E-state index in [1.807, 2.05) is 13.8 Å². The van der Waals surface area contributed by atoms with Crippen molar-refractivity contribution in [2.24, 2.45) is 11.8 Å². The molecule has 2 heterocycles. The van der Waals surface area contributed by atoms with Crippen LogP contribution in [0.1, 0.15) is 45.8 Å². The molecule has 1 amide bonds.